The van der Waals surface area contributed by atoms with Crippen LogP contribution < -0.4 is 0 Å². The Hall–Kier alpha value is -2.50. The number of nitriles is 1. The SMILES string of the molecule is CC(C)(c1ccccn1)N1CC[C@@](CCc2ccc(C#N)cc2F)(C(O)C(F)(F)F)C1. The van der Waals surface area contributed by atoms with Gasteiger partial charge in [0.25, 0.3) is 0 Å². The number of hydrogen-bond donors (Lipinski definition) is 1. The van der Waals surface area contributed by atoms with Crippen molar-refractivity contribution in [1.82, 2.24) is 9.88 Å². The Morgan fingerprint density at radius 2 is 2.00 bits per heavy atom. The Morgan fingerprint density at radius 1 is 1.26 bits per heavy atom. The molecule has 0 radical (unpaired) electrons. The summed E-state index contributed by atoms with van der Waals surface area (Å²) in [5.74, 6) is -0.626. The van der Waals surface area contributed by atoms with Crippen LogP contribution in [0, 0.1) is 22.6 Å². The molecule has 1 aromatic carbocycles. The van der Waals surface area contributed by atoms with Crippen LogP contribution in [-0.2, 0) is 12.0 Å². The molecule has 1 N–H and O–H groups in total. The van der Waals surface area contributed by atoms with Crippen LogP contribution >= 0.6 is 0 Å². The first kappa shape index (κ1) is 23.2. The largest absolute Gasteiger partial charge is 0.414 e. The zero-order chi connectivity index (χ0) is 22.9. The first-order valence-corrected chi connectivity index (χ1v) is 10.1. The molecule has 3 rings (SSSR count). The maximum atomic E-state index is 14.3. The summed E-state index contributed by atoms with van der Waals surface area (Å²) in [5.41, 5.74) is -0.991. The Balaban J connectivity index is 1.87. The summed E-state index contributed by atoms with van der Waals surface area (Å²) >= 11 is 0. The molecule has 0 saturated carbocycles. The van der Waals surface area contributed by atoms with Crippen LogP contribution in [0.5, 0.6) is 0 Å². The van der Waals surface area contributed by atoms with Gasteiger partial charge in [0.15, 0.2) is 6.10 Å². The number of nitrogens with zero attached hydrogens (tertiary/aromatic N) is 3. The summed E-state index contributed by atoms with van der Waals surface area (Å²) in [5, 5.41) is 19.2. The van der Waals surface area contributed by atoms with Crippen LogP contribution in [0.1, 0.15) is 43.5 Å². The van der Waals surface area contributed by atoms with E-state index >= 15 is 0 Å². The second-order valence-electron chi connectivity index (χ2n) is 8.67. The van der Waals surface area contributed by atoms with E-state index < -0.39 is 29.1 Å². The Kier molecular flexibility index (Phi) is 6.40. The highest BCUT2D eigenvalue weighted by atomic mass is 19.4. The van der Waals surface area contributed by atoms with Gasteiger partial charge in [0, 0.05) is 18.2 Å². The molecule has 1 aromatic heterocycles. The maximum absolute atomic E-state index is 14.3. The molecule has 2 atom stereocenters. The van der Waals surface area contributed by atoms with Gasteiger partial charge >= 0.3 is 6.18 Å². The van der Waals surface area contributed by atoms with Crippen LogP contribution in [-0.4, -0.2) is 40.4 Å². The van der Waals surface area contributed by atoms with Gasteiger partial charge in [0.1, 0.15) is 5.82 Å². The molecule has 0 aliphatic carbocycles. The average Bonchev–Trinajstić information content (AvgIpc) is 3.18. The lowest BCUT2D eigenvalue weighted by Gasteiger charge is -2.39. The lowest BCUT2D eigenvalue weighted by molar-refractivity contribution is -0.239. The Labute approximate surface area is 179 Å². The second kappa shape index (κ2) is 8.56. The number of aliphatic hydroxyl groups excluding tert-OH is 1. The fourth-order valence-electron chi connectivity index (χ4n) is 4.37. The van der Waals surface area contributed by atoms with Gasteiger partial charge in [-0.15, -0.1) is 0 Å². The topological polar surface area (TPSA) is 60.2 Å². The number of halogens is 4. The number of likely N-dealkylation sites (tertiary alicyclic amines) is 1. The smallest absolute Gasteiger partial charge is 0.383 e. The van der Waals surface area contributed by atoms with E-state index in [0.29, 0.717) is 6.54 Å². The molecule has 2 aromatic rings. The van der Waals surface area contributed by atoms with Crippen molar-refractivity contribution in [3.63, 3.8) is 0 Å². The molecular formula is C23H25F4N3O. The van der Waals surface area contributed by atoms with E-state index in [1.807, 2.05) is 36.9 Å². The van der Waals surface area contributed by atoms with Crippen molar-refractivity contribution < 1.29 is 22.7 Å². The number of aliphatic hydroxyl groups is 1. The van der Waals surface area contributed by atoms with Crippen molar-refractivity contribution in [3.8, 4) is 6.07 Å². The van der Waals surface area contributed by atoms with E-state index in [1.165, 1.54) is 12.1 Å². The zero-order valence-electron chi connectivity index (χ0n) is 17.5. The number of benzene rings is 1. The van der Waals surface area contributed by atoms with Crippen molar-refractivity contribution in [2.75, 3.05) is 13.1 Å². The third-order valence-electron chi connectivity index (χ3n) is 6.43. The minimum Gasteiger partial charge on any atom is -0.383 e. The number of hydrogen-bond acceptors (Lipinski definition) is 4. The molecule has 2 heterocycles. The Bertz CT molecular complexity index is 956. The van der Waals surface area contributed by atoms with Gasteiger partial charge in [-0.2, -0.15) is 18.4 Å². The molecule has 0 spiro atoms. The highest BCUT2D eigenvalue weighted by Gasteiger charge is 2.56. The van der Waals surface area contributed by atoms with Gasteiger partial charge in [-0.05, 0) is 69.5 Å². The number of pyridine rings is 1. The van der Waals surface area contributed by atoms with Gasteiger partial charge < -0.3 is 5.11 Å². The van der Waals surface area contributed by atoms with Crippen LogP contribution in [0.15, 0.2) is 42.6 Å². The summed E-state index contributed by atoms with van der Waals surface area (Å²) in [4.78, 5) is 6.26. The van der Waals surface area contributed by atoms with E-state index in [0.717, 1.165) is 11.8 Å². The van der Waals surface area contributed by atoms with E-state index in [9.17, 15) is 22.7 Å². The maximum Gasteiger partial charge on any atom is 0.414 e. The van der Waals surface area contributed by atoms with Crippen molar-refractivity contribution in [1.29, 1.82) is 5.26 Å². The van der Waals surface area contributed by atoms with Crippen LogP contribution in [0.3, 0.4) is 0 Å². The minimum absolute atomic E-state index is 0.00908. The van der Waals surface area contributed by atoms with Gasteiger partial charge in [0.05, 0.1) is 22.9 Å². The Morgan fingerprint density at radius 3 is 2.58 bits per heavy atom. The zero-order valence-corrected chi connectivity index (χ0v) is 17.5. The molecule has 1 unspecified atom stereocenters. The third-order valence-corrected chi connectivity index (χ3v) is 6.43. The molecule has 0 amide bonds. The average molecular weight is 435 g/mol. The highest BCUT2D eigenvalue weighted by Crippen LogP contribution is 2.47. The van der Waals surface area contributed by atoms with Crippen molar-refractivity contribution in [2.24, 2.45) is 5.41 Å². The van der Waals surface area contributed by atoms with Gasteiger partial charge in [-0.1, -0.05) is 12.1 Å². The first-order chi connectivity index (χ1) is 14.5. The number of aryl methyl sites for hydroxylation is 1. The van der Waals surface area contributed by atoms with Crippen molar-refractivity contribution >= 4 is 0 Å². The quantitative estimate of drug-likeness (QED) is 0.675. The fourth-order valence-corrected chi connectivity index (χ4v) is 4.37. The first-order valence-electron chi connectivity index (χ1n) is 10.1. The summed E-state index contributed by atoms with van der Waals surface area (Å²) in [6.07, 6.45) is -5.55. The molecule has 8 heteroatoms. The minimum atomic E-state index is -4.78. The monoisotopic (exact) mass is 435 g/mol. The standard InChI is InChI=1S/C23H25F4N3O/c1-21(2,19-5-3-4-11-29-19)30-12-10-22(15-30,20(31)23(25,26)27)9-8-17-7-6-16(14-28)13-18(17)24/h3-7,11,13,20,31H,8-10,12,15H2,1-2H3/t20?,22-/m1/s1. The third kappa shape index (κ3) is 4.73. The molecule has 166 valence electrons. The van der Waals surface area contributed by atoms with Gasteiger partial charge in [-0.25, -0.2) is 4.39 Å². The van der Waals surface area contributed by atoms with E-state index in [2.05, 4.69) is 4.98 Å². The highest BCUT2D eigenvalue weighted by molar-refractivity contribution is 5.33. The molecule has 4 nitrogen and oxygen atoms in total. The van der Waals surface area contributed by atoms with Crippen LogP contribution in [0.4, 0.5) is 17.6 Å². The van der Waals surface area contributed by atoms with E-state index in [-0.39, 0.29) is 36.9 Å². The summed E-state index contributed by atoms with van der Waals surface area (Å²) in [6.45, 7) is 4.15. The number of alkyl halides is 3. The summed E-state index contributed by atoms with van der Waals surface area (Å²) < 4.78 is 55.1. The lowest BCUT2D eigenvalue weighted by atomic mass is 9.75. The van der Waals surface area contributed by atoms with Crippen molar-refractivity contribution in [3.05, 3.63) is 65.2 Å². The fraction of sp³-hybridized carbons (Fsp3) is 0.478. The molecule has 1 aliphatic rings. The van der Waals surface area contributed by atoms with Gasteiger partial charge in [0.2, 0.25) is 0 Å². The lowest BCUT2D eigenvalue weighted by Crippen LogP contribution is -2.49. The van der Waals surface area contributed by atoms with E-state index in [4.69, 9.17) is 5.26 Å². The van der Waals surface area contributed by atoms with Gasteiger partial charge in [-0.3, -0.25) is 9.88 Å². The summed E-state index contributed by atoms with van der Waals surface area (Å²) in [7, 11) is 0. The number of aromatic nitrogens is 1. The van der Waals surface area contributed by atoms with Crippen molar-refractivity contribution in [2.45, 2.75) is 50.9 Å². The molecule has 1 saturated heterocycles. The predicted molar refractivity (Wildman–Crippen MR) is 107 cm³/mol. The second-order valence-corrected chi connectivity index (χ2v) is 8.67. The molecule has 0 bridgehead atoms. The van der Waals surface area contributed by atoms with Crippen LogP contribution in [0.25, 0.3) is 0 Å². The number of rotatable bonds is 6. The molecule has 1 fully saturated rings. The molecular weight excluding hydrogens is 410 g/mol. The predicted octanol–water partition coefficient (Wildman–Crippen LogP) is 4.58. The molecule has 1 aliphatic heterocycles. The molecule has 31 heavy (non-hydrogen) atoms. The summed E-state index contributed by atoms with van der Waals surface area (Å²) in [6, 6.07) is 11.2. The van der Waals surface area contributed by atoms with Crippen LogP contribution in [0.2, 0.25) is 0 Å². The van der Waals surface area contributed by atoms with E-state index in [1.54, 1.807) is 12.3 Å². The normalized spacial score (nSPS) is 21.1.